The summed E-state index contributed by atoms with van der Waals surface area (Å²) < 4.78 is 18.1. The Morgan fingerprint density at radius 1 is 1.19 bits per heavy atom. The van der Waals surface area contributed by atoms with Crippen molar-refractivity contribution in [1.82, 2.24) is 10.2 Å². The molecule has 0 fully saturated rings. The lowest BCUT2D eigenvalue weighted by atomic mass is 10.3. The first-order valence-corrected chi connectivity index (χ1v) is 4.98. The van der Waals surface area contributed by atoms with Gasteiger partial charge in [-0.25, -0.2) is 4.39 Å². The van der Waals surface area contributed by atoms with Crippen LogP contribution in [0.4, 0.5) is 4.39 Å². The van der Waals surface area contributed by atoms with Crippen molar-refractivity contribution >= 4 is 11.6 Å². The van der Waals surface area contributed by atoms with Gasteiger partial charge in [-0.15, -0.1) is 5.10 Å². The van der Waals surface area contributed by atoms with Crippen molar-refractivity contribution in [3.63, 3.8) is 0 Å². The first-order valence-electron chi connectivity index (χ1n) is 4.60. The van der Waals surface area contributed by atoms with Crippen LogP contribution < -0.4 is 4.74 Å². The predicted molar refractivity (Wildman–Crippen MR) is 57.8 cm³/mol. The molecular formula is C11H8ClFN2O. The Labute approximate surface area is 96.8 Å². The zero-order valence-electron chi connectivity index (χ0n) is 8.23. The molecule has 0 saturated carbocycles. The van der Waals surface area contributed by atoms with Gasteiger partial charge in [-0.1, -0.05) is 17.7 Å². The van der Waals surface area contributed by atoms with E-state index in [1.165, 1.54) is 12.1 Å². The minimum Gasteiger partial charge on any atom is -0.487 e. The zero-order valence-corrected chi connectivity index (χ0v) is 8.99. The van der Waals surface area contributed by atoms with Crippen LogP contribution in [0.2, 0.25) is 5.15 Å². The standard InChI is InChI=1S/C11H8ClFN2O/c12-11-5-4-9(14-15-11)7-16-10-3-1-2-8(13)6-10/h1-6H,7H2. The maximum Gasteiger partial charge on any atom is 0.151 e. The molecule has 16 heavy (non-hydrogen) atoms. The topological polar surface area (TPSA) is 35.0 Å². The molecule has 82 valence electrons. The second kappa shape index (κ2) is 4.90. The van der Waals surface area contributed by atoms with E-state index in [2.05, 4.69) is 10.2 Å². The van der Waals surface area contributed by atoms with Gasteiger partial charge in [0.15, 0.2) is 5.15 Å². The van der Waals surface area contributed by atoms with Crippen LogP contribution in [0.25, 0.3) is 0 Å². The van der Waals surface area contributed by atoms with E-state index in [1.54, 1.807) is 24.3 Å². The third-order valence-electron chi connectivity index (χ3n) is 1.87. The molecule has 2 aromatic rings. The summed E-state index contributed by atoms with van der Waals surface area (Å²) in [7, 11) is 0. The molecule has 0 aliphatic rings. The lowest BCUT2D eigenvalue weighted by Gasteiger charge is -2.04. The van der Waals surface area contributed by atoms with E-state index in [4.69, 9.17) is 16.3 Å². The Bertz CT molecular complexity index is 476. The Morgan fingerprint density at radius 2 is 2.06 bits per heavy atom. The molecule has 3 nitrogen and oxygen atoms in total. The highest BCUT2D eigenvalue weighted by Crippen LogP contribution is 2.13. The fourth-order valence-corrected chi connectivity index (χ4v) is 1.24. The van der Waals surface area contributed by atoms with Crippen molar-refractivity contribution in [2.24, 2.45) is 0 Å². The fraction of sp³-hybridized carbons (Fsp3) is 0.0909. The van der Waals surface area contributed by atoms with Crippen molar-refractivity contribution < 1.29 is 9.13 Å². The van der Waals surface area contributed by atoms with Crippen molar-refractivity contribution in [2.45, 2.75) is 6.61 Å². The maximum absolute atomic E-state index is 12.8. The van der Waals surface area contributed by atoms with E-state index in [9.17, 15) is 4.39 Å². The molecule has 1 heterocycles. The van der Waals surface area contributed by atoms with E-state index in [-0.39, 0.29) is 12.4 Å². The van der Waals surface area contributed by atoms with Crippen LogP contribution in [0.1, 0.15) is 5.69 Å². The van der Waals surface area contributed by atoms with Crippen molar-refractivity contribution in [3.8, 4) is 5.75 Å². The summed E-state index contributed by atoms with van der Waals surface area (Å²) in [5.41, 5.74) is 0.633. The van der Waals surface area contributed by atoms with Gasteiger partial charge in [0.1, 0.15) is 23.9 Å². The first-order chi connectivity index (χ1) is 7.74. The molecular weight excluding hydrogens is 231 g/mol. The summed E-state index contributed by atoms with van der Waals surface area (Å²) in [6.07, 6.45) is 0. The number of rotatable bonds is 3. The van der Waals surface area contributed by atoms with E-state index in [0.717, 1.165) is 0 Å². The van der Waals surface area contributed by atoms with E-state index in [1.807, 2.05) is 0 Å². The molecule has 0 atom stereocenters. The molecule has 0 amide bonds. The number of ether oxygens (including phenoxy) is 1. The molecule has 0 aliphatic heterocycles. The Hall–Kier alpha value is -1.68. The lowest BCUT2D eigenvalue weighted by molar-refractivity contribution is 0.298. The highest BCUT2D eigenvalue weighted by molar-refractivity contribution is 6.29. The van der Waals surface area contributed by atoms with Crippen LogP contribution in [0.3, 0.4) is 0 Å². The Balaban J connectivity index is 1.99. The highest BCUT2D eigenvalue weighted by atomic mass is 35.5. The maximum atomic E-state index is 12.8. The number of benzene rings is 1. The molecule has 0 spiro atoms. The molecule has 1 aromatic heterocycles. The quantitative estimate of drug-likeness (QED) is 0.825. The van der Waals surface area contributed by atoms with Gasteiger partial charge >= 0.3 is 0 Å². The number of halogens is 2. The summed E-state index contributed by atoms with van der Waals surface area (Å²) in [6, 6.07) is 9.25. The summed E-state index contributed by atoms with van der Waals surface area (Å²) in [6.45, 7) is 0.230. The predicted octanol–water partition coefficient (Wildman–Crippen LogP) is 2.85. The SMILES string of the molecule is Fc1cccc(OCc2ccc(Cl)nn2)c1. The minimum atomic E-state index is -0.334. The fourth-order valence-electron chi connectivity index (χ4n) is 1.13. The zero-order chi connectivity index (χ0) is 11.4. The van der Waals surface area contributed by atoms with Crippen LogP contribution in [0.15, 0.2) is 36.4 Å². The van der Waals surface area contributed by atoms with Crippen molar-refractivity contribution in [3.05, 3.63) is 53.1 Å². The molecule has 0 saturated heterocycles. The summed E-state index contributed by atoms with van der Waals surface area (Å²) in [5, 5.41) is 7.81. The average Bonchev–Trinajstić information content (AvgIpc) is 2.28. The Kier molecular flexibility index (Phi) is 3.31. The van der Waals surface area contributed by atoms with Crippen LogP contribution in [-0.2, 0) is 6.61 Å². The molecule has 0 aliphatic carbocycles. The Morgan fingerprint density at radius 3 is 2.75 bits per heavy atom. The normalized spacial score (nSPS) is 10.1. The monoisotopic (exact) mass is 238 g/mol. The van der Waals surface area contributed by atoms with Crippen LogP contribution in [0, 0.1) is 5.82 Å². The van der Waals surface area contributed by atoms with Gasteiger partial charge in [0, 0.05) is 6.07 Å². The van der Waals surface area contributed by atoms with Gasteiger partial charge in [-0.05, 0) is 24.3 Å². The van der Waals surface area contributed by atoms with Gasteiger partial charge in [-0.2, -0.15) is 5.10 Å². The van der Waals surface area contributed by atoms with Gasteiger partial charge in [0.05, 0.1) is 0 Å². The first kappa shape index (κ1) is 10.8. The van der Waals surface area contributed by atoms with Gasteiger partial charge < -0.3 is 4.74 Å². The largest absolute Gasteiger partial charge is 0.487 e. The number of hydrogen-bond acceptors (Lipinski definition) is 3. The number of hydrogen-bond donors (Lipinski definition) is 0. The van der Waals surface area contributed by atoms with Gasteiger partial charge in [0.2, 0.25) is 0 Å². The lowest BCUT2D eigenvalue weighted by Crippen LogP contribution is -1.99. The third-order valence-corrected chi connectivity index (χ3v) is 2.07. The number of nitrogens with zero attached hydrogens (tertiary/aromatic N) is 2. The minimum absolute atomic E-state index is 0.230. The molecule has 0 unspecified atom stereocenters. The van der Waals surface area contributed by atoms with E-state index < -0.39 is 0 Å². The van der Waals surface area contributed by atoms with Gasteiger partial charge in [0.25, 0.3) is 0 Å². The smallest absolute Gasteiger partial charge is 0.151 e. The third kappa shape index (κ3) is 2.90. The second-order valence-corrected chi connectivity index (χ2v) is 3.48. The molecule has 0 N–H and O–H groups in total. The van der Waals surface area contributed by atoms with Crippen molar-refractivity contribution in [2.75, 3.05) is 0 Å². The molecule has 0 bridgehead atoms. The van der Waals surface area contributed by atoms with Crippen molar-refractivity contribution in [1.29, 1.82) is 0 Å². The molecule has 5 heteroatoms. The summed E-state index contributed by atoms with van der Waals surface area (Å²) in [5.74, 6) is 0.122. The second-order valence-electron chi connectivity index (χ2n) is 3.09. The molecule has 0 radical (unpaired) electrons. The molecule has 1 aromatic carbocycles. The summed E-state index contributed by atoms with van der Waals surface area (Å²) >= 11 is 5.59. The van der Waals surface area contributed by atoms with Crippen LogP contribution in [-0.4, -0.2) is 10.2 Å². The van der Waals surface area contributed by atoms with Crippen LogP contribution in [0.5, 0.6) is 5.75 Å². The highest BCUT2D eigenvalue weighted by Gasteiger charge is 1.99. The average molecular weight is 239 g/mol. The van der Waals surface area contributed by atoms with E-state index >= 15 is 0 Å². The molecule has 2 rings (SSSR count). The van der Waals surface area contributed by atoms with E-state index in [0.29, 0.717) is 16.6 Å². The van der Waals surface area contributed by atoms with Crippen LogP contribution >= 0.6 is 11.6 Å². The summed E-state index contributed by atoms with van der Waals surface area (Å²) in [4.78, 5) is 0. The van der Waals surface area contributed by atoms with Gasteiger partial charge in [-0.3, -0.25) is 0 Å². The number of aromatic nitrogens is 2.